The molecule has 6 nitrogen and oxygen atoms in total. The maximum absolute atomic E-state index is 12.9. The first-order chi connectivity index (χ1) is 17.7. The van der Waals surface area contributed by atoms with Crippen LogP contribution < -0.4 is 10.1 Å². The van der Waals surface area contributed by atoms with Gasteiger partial charge in [0.15, 0.2) is 0 Å². The normalized spacial score (nSPS) is 21.4. The molecular formula is C30H37N3O3. The van der Waals surface area contributed by atoms with Gasteiger partial charge in [-0.05, 0) is 53.8 Å². The largest absolute Gasteiger partial charge is 0.497 e. The molecule has 0 bridgehead atoms. The lowest BCUT2D eigenvalue weighted by Gasteiger charge is -2.45. The molecule has 2 aliphatic rings. The molecule has 5 rings (SSSR count). The van der Waals surface area contributed by atoms with Crippen LogP contribution in [0.3, 0.4) is 0 Å². The van der Waals surface area contributed by atoms with Gasteiger partial charge in [0, 0.05) is 50.4 Å². The van der Waals surface area contributed by atoms with Crippen molar-refractivity contribution < 1.29 is 14.3 Å². The Morgan fingerprint density at radius 1 is 1.03 bits per heavy atom. The summed E-state index contributed by atoms with van der Waals surface area (Å²) in [6, 6.07) is 23.3. The van der Waals surface area contributed by atoms with E-state index >= 15 is 0 Å². The highest BCUT2D eigenvalue weighted by Gasteiger charge is 2.34. The Bertz CT molecular complexity index is 1160. The number of hydrogen-bond donors (Lipinski definition) is 1. The summed E-state index contributed by atoms with van der Waals surface area (Å²) < 4.78 is 10.9. The molecule has 0 aromatic heterocycles. The number of rotatable bonds is 8. The van der Waals surface area contributed by atoms with E-state index in [1.54, 1.807) is 7.11 Å². The fourth-order valence-corrected chi connectivity index (χ4v) is 5.82. The summed E-state index contributed by atoms with van der Waals surface area (Å²) in [5, 5.41) is 5.69. The van der Waals surface area contributed by atoms with Crippen LogP contribution in [-0.2, 0) is 16.1 Å². The van der Waals surface area contributed by atoms with Crippen molar-refractivity contribution in [1.82, 2.24) is 9.80 Å². The Balaban J connectivity index is 1.25. The standard InChI is InChI=1S/C30H37N3O3/c1-35-27-10-5-9-26(20-27)31-30(34)13-12-25-22-32(15-14-29(25)33-16-18-36-19-17-33)21-24-8-4-7-23-6-2-3-11-28(23)24/h2-11,20,25,29H,12-19,21-22H2,1H3,(H,31,34)/t25-,29+/m0/s1. The molecule has 2 fully saturated rings. The van der Waals surface area contributed by atoms with Gasteiger partial charge in [0.05, 0.1) is 20.3 Å². The number of nitrogens with one attached hydrogen (secondary N) is 1. The van der Waals surface area contributed by atoms with Crippen molar-refractivity contribution in [2.45, 2.75) is 31.8 Å². The Hall–Kier alpha value is -2.93. The van der Waals surface area contributed by atoms with Crippen molar-refractivity contribution in [2.24, 2.45) is 5.92 Å². The zero-order valence-electron chi connectivity index (χ0n) is 21.2. The van der Waals surface area contributed by atoms with Crippen LogP contribution in [0.4, 0.5) is 5.69 Å². The zero-order valence-corrected chi connectivity index (χ0v) is 21.2. The smallest absolute Gasteiger partial charge is 0.224 e. The molecule has 2 saturated heterocycles. The highest BCUT2D eigenvalue weighted by molar-refractivity contribution is 5.90. The van der Waals surface area contributed by atoms with Crippen LogP contribution in [0.2, 0.25) is 0 Å². The average Bonchev–Trinajstić information content (AvgIpc) is 2.93. The molecule has 6 heteroatoms. The van der Waals surface area contributed by atoms with Crippen LogP contribution >= 0.6 is 0 Å². The number of nitrogens with zero attached hydrogens (tertiary/aromatic N) is 2. The van der Waals surface area contributed by atoms with Crippen LogP contribution in [0, 0.1) is 5.92 Å². The summed E-state index contributed by atoms with van der Waals surface area (Å²) in [6.07, 6.45) is 2.53. The van der Waals surface area contributed by atoms with Gasteiger partial charge in [0.1, 0.15) is 5.75 Å². The molecule has 0 spiro atoms. The van der Waals surface area contributed by atoms with Crippen LogP contribution in [-0.4, -0.2) is 68.3 Å². The molecule has 2 atom stereocenters. The first-order valence-electron chi connectivity index (χ1n) is 13.1. The van der Waals surface area contributed by atoms with Gasteiger partial charge in [-0.25, -0.2) is 0 Å². The fourth-order valence-electron chi connectivity index (χ4n) is 5.82. The maximum Gasteiger partial charge on any atom is 0.224 e. The molecule has 0 aliphatic carbocycles. The van der Waals surface area contributed by atoms with Crippen molar-refractivity contribution in [3.8, 4) is 5.75 Å². The highest BCUT2D eigenvalue weighted by Crippen LogP contribution is 2.29. The van der Waals surface area contributed by atoms with Crippen molar-refractivity contribution >= 4 is 22.4 Å². The van der Waals surface area contributed by atoms with E-state index in [-0.39, 0.29) is 5.91 Å². The summed E-state index contributed by atoms with van der Waals surface area (Å²) >= 11 is 0. The second-order valence-corrected chi connectivity index (χ2v) is 9.96. The molecule has 36 heavy (non-hydrogen) atoms. The third-order valence-corrected chi connectivity index (χ3v) is 7.66. The number of morpholine rings is 1. The van der Waals surface area contributed by atoms with Gasteiger partial charge >= 0.3 is 0 Å². The summed E-state index contributed by atoms with van der Waals surface area (Å²) in [6.45, 7) is 6.62. The fraction of sp³-hybridized carbons (Fsp3) is 0.433. The van der Waals surface area contributed by atoms with E-state index in [2.05, 4.69) is 57.6 Å². The molecule has 190 valence electrons. The molecule has 0 radical (unpaired) electrons. The molecule has 3 aromatic rings. The Morgan fingerprint density at radius 2 is 1.83 bits per heavy atom. The average molecular weight is 488 g/mol. The van der Waals surface area contributed by atoms with E-state index in [4.69, 9.17) is 9.47 Å². The van der Waals surface area contributed by atoms with Crippen molar-refractivity contribution in [2.75, 3.05) is 51.8 Å². The first kappa shape index (κ1) is 24.8. The third kappa shape index (κ3) is 6.06. The highest BCUT2D eigenvalue weighted by atomic mass is 16.5. The lowest BCUT2D eigenvalue weighted by Crippen LogP contribution is -2.53. The number of carbonyl (C=O) groups excluding carboxylic acids is 1. The van der Waals surface area contributed by atoms with E-state index in [0.717, 1.165) is 70.2 Å². The van der Waals surface area contributed by atoms with E-state index in [1.807, 2.05) is 24.3 Å². The number of methoxy groups -OCH3 is 1. The predicted molar refractivity (Wildman–Crippen MR) is 144 cm³/mol. The monoisotopic (exact) mass is 487 g/mol. The van der Waals surface area contributed by atoms with Crippen molar-refractivity contribution in [3.05, 3.63) is 72.3 Å². The Morgan fingerprint density at radius 3 is 2.69 bits per heavy atom. The van der Waals surface area contributed by atoms with E-state index in [1.165, 1.54) is 16.3 Å². The van der Waals surface area contributed by atoms with Gasteiger partial charge < -0.3 is 14.8 Å². The van der Waals surface area contributed by atoms with Crippen LogP contribution in [0.1, 0.15) is 24.8 Å². The van der Waals surface area contributed by atoms with E-state index in [9.17, 15) is 4.79 Å². The number of piperidine rings is 1. The number of anilines is 1. The number of amides is 1. The van der Waals surface area contributed by atoms with Crippen LogP contribution in [0.5, 0.6) is 5.75 Å². The summed E-state index contributed by atoms with van der Waals surface area (Å²) in [4.78, 5) is 18.0. The molecular weight excluding hydrogens is 450 g/mol. The number of carbonyl (C=O) groups is 1. The van der Waals surface area contributed by atoms with Gasteiger partial charge in [0.2, 0.25) is 5.91 Å². The summed E-state index contributed by atoms with van der Waals surface area (Å²) in [5.74, 6) is 1.26. The molecule has 0 unspecified atom stereocenters. The van der Waals surface area contributed by atoms with Gasteiger partial charge in [-0.3, -0.25) is 14.6 Å². The van der Waals surface area contributed by atoms with Crippen LogP contribution in [0.25, 0.3) is 10.8 Å². The number of benzene rings is 3. The summed E-state index contributed by atoms with van der Waals surface area (Å²) in [5.41, 5.74) is 2.16. The number of fused-ring (bicyclic) bond motifs is 1. The summed E-state index contributed by atoms with van der Waals surface area (Å²) in [7, 11) is 1.64. The zero-order chi connectivity index (χ0) is 24.7. The second-order valence-electron chi connectivity index (χ2n) is 9.96. The number of likely N-dealkylation sites (tertiary alicyclic amines) is 1. The second kappa shape index (κ2) is 11.9. The Kier molecular flexibility index (Phi) is 8.16. The number of hydrogen-bond acceptors (Lipinski definition) is 5. The van der Waals surface area contributed by atoms with Crippen molar-refractivity contribution in [3.63, 3.8) is 0 Å². The minimum Gasteiger partial charge on any atom is -0.497 e. The lowest BCUT2D eigenvalue weighted by atomic mass is 9.86. The molecule has 0 saturated carbocycles. The molecule has 2 aliphatic heterocycles. The Labute approximate surface area is 214 Å². The SMILES string of the molecule is COc1cccc(NC(=O)CC[C@H]2CN(Cc3cccc4ccccc34)CC[C@H]2N2CCOCC2)c1. The van der Waals surface area contributed by atoms with Gasteiger partial charge in [-0.15, -0.1) is 0 Å². The van der Waals surface area contributed by atoms with E-state index < -0.39 is 0 Å². The first-order valence-corrected chi connectivity index (χ1v) is 13.1. The van der Waals surface area contributed by atoms with Crippen molar-refractivity contribution in [1.29, 1.82) is 0 Å². The molecule has 1 N–H and O–H groups in total. The van der Waals surface area contributed by atoms with Gasteiger partial charge in [-0.2, -0.15) is 0 Å². The maximum atomic E-state index is 12.9. The minimum atomic E-state index is 0.0650. The topological polar surface area (TPSA) is 54.0 Å². The molecule has 3 aromatic carbocycles. The minimum absolute atomic E-state index is 0.0650. The quantitative estimate of drug-likeness (QED) is 0.495. The van der Waals surface area contributed by atoms with Crippen LogP contribution in [0.15, 0.2) is 66.7 Å². The predicted octanol–water partition coefficient (Wildman–Crippen LogP) is 4.79. The number of ether oxygens (including phenoxy) is 2. The molecule has 2 heterocycles. The lowest BCUT2D eigenvalue weighted by molar-refractivity contribution is -0.116. The van der Waals surface area contributed by atoms with E-state index in [0.29, 0.717) is 18.4 Å². The van der Waals surface area contributed by atoms with Gasteiger partial charge in [0.25, 0.3) is 0 Å². The van der Waals surface area contributed by atoms with Gasteiger partial charge in [-0.1, -0.05) is 48.5 Å². The molecule has 1 amide bonds. The third-order valence-electron chi connectivity index (χ3n) is 7.66.